The monoisotopic (exact) mass is 470 g/mol. The number of methoxy groups -OCH3 is 1. The summed E-state index contributed by atoms with van der Waals surface area (Å²) in [4.78, 5) is 29.4. The highest BCUT2D eigenvalue weighted by molar-refractivity contribution is 7.13. The van der Waals surface area contributed by atoms with Crippen molar-refractivity contribution < 1.29 is 9.47 Å². The van der Waals surface area contributed by atoms with Gasteiger partial charge in [0, 0.05) is 50.0 Å². The van der Waals surface area contributed by atoms with Crippen LogP contribution in [0.4, 0.5) is 10.8 Å². The van der Waals surface area contributed by atoms with E-state index in [0.29, 0.717) is 37.0 Å². The van der Waals surface area contributed by atoms with Crippen LogP contribution in [0, 0.1) is 6.92 Å². The highest BCUT2D eigenvalue weighted by atomic mass is 32.1. The quantitative estimate of drug-likeness (QED) is 0.537. The van der Waals surface area contributed by atoms with Gasteiger partial charge in [-0.15, -0.1) is 11.3 Å². The van der Waals surface area contributed by atoms with Crippen LogP contribution in [0.25, 0.3) is 11.4 Å². The second kappa shape index (κ2) is 9.88. The molecule has 33 heavy (non-hydrogen) atoms. The number of nitrogens with one attached hydrogen (secondary N) is 1. The van der Waals surface area contributed by atoms with Gasteiger partial charge in [-0.25, -0.2) is 15.0 Å². The molecule has 1 N–H and O–H groups in total. The summed E-state index contributed by atoms with van der Waals surface area (Å²) in [6, 6.07) is 3.62. The fourth-order valence-corrected chi connectivity index (χ4v) is 4.85. The van der Waals surface area contributed by atoms with Gasteiger partial charge in [-0.1, -0.05) is 6.92 Å². The van der Waals surface area contributed by atoms with Crippen LogP contribution in [0.5, 0.6) is 5.88 Å². The van der Waals surface area contributed by atoms with Crippen LogP contribution < -0.4 is 20.5 Å². The van der Waals surface area contributed by atoms with Gasteiger partial charge in [0.2, 0.25) is 5.88 Å². The molecule has 9 nitrogen and oxygen atoms in total. The number of thiazole rings is 1. The van der Waals surface area contributed by atoms with Gasteiger partial charge in [0.15, 0.2) is 5.13 Å². The number of rotatable bonds is 8. The van der Waals surface area contributed by atoms with Gasteiger partial charge >= 0.3 is 0 Å². The van der Waals surface area contributed by atoms with Gasteiger partial charge in [-0.05, 0) is 26.3 Å². The zero-order valence-electron chi connectivity index (χ0n) is 19.7. The Bertz CT molecular complexity index is 1160. The van der Waals surface area contributed by atoms with Crippen LogP contribution in [-0.4, -0.2) is 58.5 Å². The predicted molar refractivity (Wildman–Crippen MR) is 131 cm³/mol. The lowest BCUT2D eigenvalue weighted by molar-refractivity contribution is 0.0720. The first-order valence-corrected chi connectivity index (χ1v) is 12.0. The predicted octanol–water partition coefficient (Wildman–Crippen LogP) is 2.88. The van der Waals surface area contributed by atoms with E-state index in [0.717, 1.165) is 28.6 Å². The van der Waals surface area contributed by atoms with E-state index in [1.54, 1.807) is 42.3 Å². The summed E-state index contributed by atoms with van der Waals surface area (Å²) in [5, 5.41) is 6.42. The summed E-state index contributed by atoms with van der Waals surface area (Å²) >= 11 is 1.60. The molecule has 0 aromatic carbocycles. The number of hydrogen-bond donors (Lipinski definition) is 1. The van der Waals surface area contributed by atoms with Gasteiger partial charge in [-0.3, -0.25) is 9.36 Å². The van der Waals surface area contributed by atoms with E-state index in [1.807, 2.05) is 32.2 Å². The number of ether oxygens (including phenoxy) is 2. The van der Waals surface area contributed by atoms with Crippen LogP contribution in [0.1, 0.15) is 25.2 Å². The van der Waals surface area contributed by atoms with E-state index in [2.05, 4.69) is 20.2 Å². The van der Waals surface area contributed by atoms with Gasteiger partial charge in [-0.2, -0.15) is 0 Å². The maximum atomic E-state index is 13.5. The molecule has 4 heterocycles. The molecule has 4 rings (SSSR count). The summed E-state index contributed by atoms with van der Waals surface area (Å²) in [6.45, 7) is 7.92. The lowest BCUT2D eigenvalue weighted by atomic mass is 10.1. The van der Waals surface area contributed by atoms with Crippen LogP contribution in [0.3, 0.4) is 0 Å². The molecular weight excluding hydrogens is 440 g/mol. The molecule has 0 radical (unpaired) electrons. The minimum atomic E-state index is -0.116. The third kappa shape index (κ3) is 4.58. The lowest BCUT2D eigenvalue weighted by Gasteiger charge is -2.22. The zero-order valence-corrected chi connectivity index (χ0v) is 20.5. The van der Waals surface area contributed by atoms with Crippen molar-refractivity contribution in [2.24, 2.45) is 7.05 Å². The molecule has 0 unspecified atom stereocenters. The Morgan fingerprint density at radius 2 is 2.06 bits per heavy atom. The first kappa shape index (κ1) is 23.2. The number of nitrogens with zero attached hydrogens (tertiary/aromatic N) is 5. The second-order valence-corrected chi connectivity index (χ2v) is 8.80. The molecule has 1 aliphatic rings. The fourth-order valence-electron chi connectivity index (χ4n) is 4.19. The Morgan fingerprint density at radius 3 is 2.70 bits per heavy atom. The van der Waals surface area contributed by atoms with Gasteiger partial charge < -0.3 is 19.7 Å². The zero-order chi connectivity index (χ0) is 23.5. The van der Waals surface area contributed by atoms with E-state index in [4.69, 9.17) is 14.5 Å². The van der Waals surface area contributed by atoms with Crippen molar-refractivity contribution in [1.82, 2.24) is 19.5 Å². The normalized spacial score (nSPS) is 18.0. The smallest absolute Gasteiger partial charge is 0.277 e. The minimum absolute atomic E-state index is 0.0520. The van der Waals surface area contributed by atoms with E-state index in [9.17, 15) is 4.79 Å². The highest BCUT2D eigenvalue weighted by Crippen LogP contribution is 2.27. The van der Waals surface area contributed by atoms with Gasteiger partial charge in [0.25, 0.3) is 5.56 Å². The van der Waals surface area contributed by atoms with Crippen LogP contribution >= 0.6 is 11.3 Å². The second-order valence-electron chi connectivity index (χ2n) is 7.93. The van der Waals surface area contributed by atoms with Crippen LogP contribution in [0.2, 0.25) is 0 Å². The van der Waals surface area contributed by atoms with Crippen molar-refractivity contribution in [3.8, 4) is 17.3 Å². The molecule has 0 aliphatic carbocycles. The van der Waals surface area contributed by atoms with Crippen LogP contribution in [-0.2, 0) is 18.2 Å². The van der Waals surface area contributed by atoms with Crippen molar-refractivity contribution >= 4 is 22.2 Å². The minimum Gasteiger partial charge on any atom is -0.481 e. The molecule has 176 valence electrons. The summed E-state index contributed by atoms with van der Waals surface area (Å²) in [7, 11) is 3.33. The summed E-state index contributed by atoms with van der Waals surface area (Å²) in [5.41, 5.74) is 2.70. The Kier molecular flexibility index (Phi) is 6.94. The largest absolute Gasteiger partial charge is 0.481 e. The Hall–Kier alpha value is -2.98. The Labute approximate surface area is 197 Å². The first-order valence-electron chi connectivity index (χ1n) is 11.1. The van der Waals surface area contributed by atoms with Crippen molar-refractivity contribution in [3.05, 3.63) is 45.5 Å². The maximum absolute atomic E-state index is 13.5. The third-order valence-corrected chi connectivity index (χ3v) is 6.71. The first-order chi connectivity index (χ1) is 16.0. The topological polar surface area (TPSA) is 94.4 Å². The van der Waals surface area contributed by atoms with E-state index >= 15 is 0 Å². The maximum Gasteiger partial charge on any atom is 0.277 e. The van der Waals surface area contributed by atoms with E-state index in [1.165, 1.54) is 0 Å². The standard InChI is InChI=1S/C23H30N6O3S/c1-6-16-20(26-17-12-29(13-18(17)32-7-2)23-24-10-11-33-23)22(30)28(4)21(27-16)15-8-9-19(31-5)25-14(15)3/h8-11,17-18,26H,6-7,12-13H2,1-5H3/t17-,18-/m1/s1. The fraction of sp³-hybridized carbons (Fsp3) is 0.478. The Balaban J connectivity index is 1.68. The number of hydrogen-bond acceptors (Lipinski definition) is 9. The number of pyridine rings is 1. The molecule has 3 aromatic heterocycles. The summed E-state index contributed by atoms with van der Waals surface area (Å²) < 4.78 is 12.8. The molecule has 0 bridgehead atoms. The van der Waals surface area contributed by atoms with Crippen molar-refractivity contribution in [2.45, 2.75) is 39.3 Å². The number of anilines is 2. The number of aryl methyl sites for hydroxylation is 2. The van der Waals surface area contributed by atoms with Crippen molar-refractivity contribution in [1.29, 1.82) is 0 Å². The molecule has 1 fully saturated rings. The average Bonchev–Trinajstić information content (AvgIpc) is 3.48. The molecule has 10 heteroatoms. The SMILES string of the molecule is CCO[C@@H]1CN(c2nccs2)C[C@H]1Nc1c(CC)nc(-c2ccc(OC)nc2C)n(C)c1=O. The molecular formula is C23H30N6O3S. The molecule has 0 spiro atoms. The molecule has 3 aromatic rings. The Morgan fingerprint density at radius 1 is 1.24 bits per heavy atom. The summed E-state index contributed by atoms with van der Waals surface area (Å²) in [5.74, 6) is 1.12. The molecule has 0 amide bonds. The van der Waals surface area contributed by atoms with E-state index < -0.39 is 0 Å². The van der Waals surface area contributed by atoms with E-state index in [-0.39, 0.29) is 17.7 Å². The van der Waals surface area contributed by atoms with Crippen molar-refractivity contribution in [2.75, 3.05) is 37.0 Å². The van der Waals surface area contributed by atoms with Crippen LogP contribution in [0.15, 0.2) is 28.5 Å². The third-order valence-electron chi connectivity index (χ3n) is 5.88. The molecule has 1 aliphatic heterocycles. The van der Waals surface area contributed by atoms with Crippen molar-refractivity contribution in [3.63, 3.8) is 0 Å². The van der Waals surface area contributed by atoms with Gasteiger partial charge in [0.1, 0.15) is 11.5 Å². The summed E-state index contributed by atoms with van der Waals surface area (Å²) in [6.07, 6.45) is 2.37. The number of aromatic nitrogens is 4. The molecule has 0 saturated carbocycles. The molecule has 1 saturated heterocycles. The highest BCUT2D eigenvalue weighted by Gasteiger charge is 2.35. The molecule has 2 atom stereocenters. The average molecular weight is 471 g/mol. The lowest BCUT2D eigenvalue weighted by Crippen LogP contribution is -2.38. The van der Waals surface area contributed by atoms with Gasteiger partial charge in [0.05, 0.1) is 30.6 Å².